The molecule has 0 saturated heterocycles. The molecule has 1 amide bonds. The van der Waals surface area contributed by atoms with Crippen molar-refractivity contribution in [1.29, 1.82) is 0 Å². The molecule has 0 atom stereocenters. The SMILES string of the molecule is COc1ccc(CC(=O)Nc2c(C)cc(C)cc2C)c(OC)c1. The van der Waals surface area contributed by atoms with Crippen LogP contribution in [-0.2, 0) is 11.2 Å². The minimum Gasteiger partial charge on any atom is -0.497 e. The van der Waals surface area contributed by atoms with Crippen LogP contribution in [0, 0.1) is 20.8 Å². The van der Waals surface area contributed by atoms with Crippen molar-refractivity contribution in [2.45, 2.75) is 27.2 Å². The van der Waals surface area contributed by atoms with Crippen LogP contribution >= 0.6 is 0 Å². The number of hydrogen-bond acceptors (Lipinski definition) is 3. The third-order valence-electron chi connectivity index (χ3n) is 3.79. The van der Waals surface area contributed by atoms with Crippen LogP contribution in [0.15, 0.2) is 30.3 Å². The van der Waals surface area contributed by atoms with E-state index in [-0.39, 0.29) is 12.3 Å². The van der Waals surface area contributed by atoms with E-state index in [1.54, 1.807) is 20.3 Å². The standard InChI is InChI=1S/C19H23NO3/c1-12-8-13(2)19(14(3)9-12)20-18(21)10-15-6-7-16(22-4)11-17(15)23-5/h6-9,11H,10H2,1-5H3,(H,20,21). The number of aryl methyl sites for hydroxylation is 3. The van der Waals surface area contributed by atoms with E-state index in [4.69, 9.17) is 9.47 Å². The predicted octanol–water partition coefficient (Wildman–Crippen LogP) is 3.81. The maximum Gasteiger partial charge on any atom is 0.228 e. The second kappa shape index (κ2) is 7.18. The minimum atomic E-state index is -0.0662. The molecule has 2 aromatic rings. The molecule has 0 aromatic heterocycles. The molecule has 2 aromatic carbocycles. The fourth-order valence-electron chi connectivity index (χ4n) is 2.73. The van der Waals surface area contributed by atoms with Gasteiger partial charge in [0, 0.05) is 17.3 Å². The number of ether oxygens (including phenoxy) is 2. The molecule has 0 spiro atoms. The number of carbonyl (C=O) groups is 1. The molecule has 0 bridgehead atoms. The summed E-state index contributed by atoms with van der Waals surface area (Å²) in [4.78, 5) is 12.4. The van der Waals surface area contributed by atoms with Crippen LogP contribution in [0.5, 0.6) is 11.5 Å². The molecule has 0 aliphatic carbocycles. The number of nitrogens with one attached hydrogen (secondary N) is 1. The molecular formula is C19H23NO3. The summed E-state index contributed by atoms with van der Waals surface area (Å²) in [5.74, 6) is 1.29. The van der Waals surface area contributed by atoms with Crippen molar-refractivity contribution in [2.75, 3.05) is 19.5 Å². The fourth-order valence-corrected chi connectivity index (χ4v) is 2.73. The Bertz CT molecular complexity index is 700. The summed E-state index contributed by atoms with van der Waals surface area (Å²) in [6.45, 7) is 6.06. The zero-order valence-electron chi connectivity index (χ0n) is 14.3. The van der Waals surface area contributed by atoms with Crippen molar-refractivity contribution in [1.82, 2.24) is 0 Å². The van der Waals surface area contributed by atoms with Crippen molar-refractivity contribution in [3.8, 4) is 11.5 Å². The third kappa shape index (κ3) is 4.03. The first-order chi connectivity index (χ1) is 10.9. The fraction of sp³-hybridized carbons (Fsp3) is 0.316. The first-order valence-corrected chi connectivity index (χ1v) is 7.53. The molecule has 0 radical (unpaired) electrons. The van der Waals surface area contributed by atoms with E-state index in [2.05, 4.69) is 17.4 Å². The summed E-state index contributed by atoms with van der Waals surface area (Å²) in [7, 11) is 3.19. The molecule has 0 aliphatic heterocycles. The molecule has 0 fully saturated rings. The van der Waals surface area contributed by atoms with Gasteiger partial charge in [-0.2, -0.15) is 0 Å². The Morgan fingerprint density at radius 2 is 1.65 bits per heavy atom. The van der Waals surface area contributed by atoms with Gasteiger partial charge in [0.2, 0.25) is 5.91 Å². The topological polar surface area (TPSA) is 47.6 Å². The largest absolute Gasteiger partial charge is 0.497 e. The maximum absolute atomic E-state index is 12.4. The van der Waals surface area contributed by atoms with Crippen molar-refractivity contribution >= 4 is 11.6 Å². The molecule has 23 heavy (non-hydrogen) atoms. The van der Waals surface area contributed by atoms with Gasteiger partial charge in [0.05, 0.1) is 20.6 Å². The Morgan fingerprint density at radius 3 is 2.22 bits per heavy atom. The molecule has 0 heterocycles. The molecule has 0 aliphatic rings. The Kier molecular flexibility index (Phi) is 5.27. The quantitative estimate of drug-likeness (QED) is 0.913. The number of hydrogen-bond donors (Lipinski definition) is 1. The maximum atomic E-state index is 12.4. The summed E-state index contributed by atoms with van der Waals surface area (Å²) in [6.07, 6.45) is 0.250. The number of methoxy groups -OCH3 is 2. The van der Waals surface area contributed by atoms with Crippen LogP contribution in [0.1, 0.15) is 22.3 Å². The Hall–Kier alpha value is -2.49. The first kappa shape index (κ1) is 16.9. The highest BCUT2D eigenvalue weighted by molar-refractivity contribution is 5.94. The Morgan fingerprint density at radius 1 is 1.00 bits per heavy atom. The van der Waals surface area contributed by atoms with Crippen molar-refractivity contribution in [3.05, 3.63) is 52.6 Å². The first-order valence-electron chi connectivity index (χ1n) is 7.53. The molecule has 4 heteroatoms. The molecule has 4 nitrogen and oxygen atoms in total. The van der Waals surface area contributed by atoms with Crippen LogP contribution in [0.4, 0.5) is 5.69 Å². The molecule has 2 rings (SSSR count). The third-order valence-corrected chi connectivity index (χ3v) is 3.79. The number of benzene rings is 2. The average Bonchev–Trinajstić information content (AvgIpc) is 2.51. The van der Waals surface area contributed by atoms with Crippen LogP contribution in [-0.4, -0.2) is 20.1 Å². The Labute approximate surface area is 137 Å². The second-order valence-corrected chi connectivity index (χ2v) is 5.68. The van der Waals surface area contributed by atoms with Gasteiger partial charge < -0.3 is 14.8 Å². The molecular weight excluding hydrogens is 290 g/mol. The number of rotatable bonds is 5. The van der Waals surface area contributed by atoms with E-state index in [1.807, 2.05) is 32.9 Å². The second-order valence-electron chi connectivity index (χ2n) is 5.68. The van der Waals surface area contributed by atoms with Crippen LogP contribution in [0.25, 0.3) is 0 Å². The van der Waals surface area contributed by atoms with Gasteiger partial charge in [-0.1, -0.05) is 23.8 Å². The summed E-state index contributed by atoms with van der Waals surface area (Å²) >= 11 is 0. The summed E-state index contributed by atoms with van der Waals surface area (Å²) in [5.41, 5.74) is 5.03. The van der Waals surface area contributed by atoms with Crippen molar-refractivity contribution in [3.63, 3.8) is 0 Å². The lowest BCUT2D eigenvalue weighted by Crippen LogP contribution is -2.16. The Balaban J connectivity index is 2.17. The lowest BCUT2D eigenvalue weighted by Gasteiger charge is -2.14. The zero-order chi connectivity index (χ0) is 17.0. The lowest BCUT2D eigenvalue weighted by molar-refractivity contribution is -0.115. The zero-order valence-corrected chi connectivity index (χ0v) is 14.3. The van der Waals surface area contributed by atoms with Crippen LogP contribution in [0.2, 0.25) is 0 Å². The van der Waals surface area contributed by atoms with E-state index in [0.717, 1.165) is 22.4 Å². The van der Waals surface area contributed by atoms with Crippen molar-refractivity contribution in [2.24, 2.45) is 0 Å². The highest BCUT2D eigenvalue weighted by Crippen LogP contribution is 2.26. The van der Waals surface area contributed by atoms with Crippen LogP contribution < -0.4 is 14.8 Å². The van der Waals surface area contributed by atoms with Gasteiger partial charge in [0.15, 0.2) is 0 Å². The van der Waals surface area contributed by atoms with Gasteiger partial charge in [-0.25, -0.2) is 0 Å². The van der Waals surface area contributed by atoms with Gasteiger partial charge in [-0.05, 0) is 38.0 Å². The van der Waals surface area contributed by atoms with Crippen molar-refractivity contribution < 1.29 is 14.3 Å². The monoisotopic (exact) mass is 313 g/mol. The number of anilines is 1. The summed E-state index contributed by atoms with van der Waals surface area (Å²) < 4.78 is 10.5. The summed E-state index contributed by atoms with van der Waals surface area (Å²) in [6, 6.07) is 9.59. The number of carbonyl (C=O) groups excluding carboxylic acids is 1. The molecule has 1 N–H and O–H groups in total. The minimum absolute atomic E-state index is 0.0662. The average molecular weight is 313 g/mol. The predicted molar refractivity (Wildman–Crippen MR) is 92.5 cm³/mol. The highest BCUT2D eigenvalue weighted by atomic mass is 16.5. The smallest absolute Gasteiger partial charge is 0.228 e. The normalized spacial score (nSPS) is 10.3. The van der Waals surface area contributed by atoms with Gasteiger partial charge in [-0.15, -0.1) is 0 Å². The van der Waals surface area contributed by atoms with E-state index in [0.29, 0.717) is 11.5 Å². The van der Waals surface area contributed by atoms with E-state index >= 15 is 0 Å². The summed E-state index contributed by atoms with van der Waals surface area (Å²) in [5, 5.41) is 3.01. The van der Waals surface area contributed by atoms with E-state index < -0.39 is 0 Å². The van der Waals surface area contributed by atoms with E-state index in [9.17, 15) is 4.79 Å². The molecule has 0 unspecified atom stereocenters. The van der Waals surface area contributed by atoms with Gasteiger partial charge in [0.25, 0.3) is 0 Å². The highest BCUT2D eigenvalue weighted by Gasteiger charge is 2.12. The van der Waals surface area contributed by atoms with Gasteiger partial charge in [-0.3, -0.25) is 4.79 Å². The van der Waals surface area contributed by atoms with E-state index in [1.165, 1.54) is 5.56 Å². The van der Waals surface area contributed by atoms with Gasteiger partial charge >= 0.3 is 0 Å². The molecule has 0 saturated carbocycles. The lowest BCUT2D eigenvalue weighted by atomic mass is 10.0. The molecule has 122 valence electrons. The van der Waals surface area contributed by atoms with Gasteiger partial charge in [0.1, 0.15) is 11.5 Å². The number of amides is 1. The van der Waals surface area contributed by atoms with Crippen LogP contribution in [0.3, 0.4) is 0 Å².